The highest BCUT2D eigenvalue weighted by atomic mass is 32.1. The number of likely N-dealkylation sites (tertiary alicyclic amines) is 1. The van der Waals surface area contributed by atoms with Crippen LogP contribution >= 0.6 is 11.3 Å². The molecule has 0 saturated carbocycles. The molecule has 2 aromatic carbocycles. The fourth-order valence-electron chi connectivity index (χ4n) is 4.05. The van der Waals surface area contributed by atoms with Crippen LogP contribution in [0.5, 0.6) is 5.75 Å². The van der Waals surface area contributed by atoms with Crippen LogP contribution in [0.2, 0.25) is 0 Å². The Morgan fingerprint density at radius 2 is 1.97 bits per heavy atom. The van der Waals surface area contributed by atoms with Gasteiger partial charge in [-0.3, -0.25) is 4.79 Å². The lowest BCUT2D eigenvalue weighted by Crippen LogP contribution is -2.45. The summed E-state index contributed by atoms with van der Waals surface area (Å²) in [6, 6.07) is 11.7. The van der Waals surface area contributed by atoms with Crippen LogP contribution in [0, 0.1) is 23.0 Å². The normalized spacial score (nSPS) is 16.4. The van der Waals surface area contributed by atoms with Crippen LogP contribution < -0.4 is 10.5 Å². The second-order valence-corrected chi connectivity index (χ2v) is 9.66. The standard InChI is InChI=1S/C26H25F2N3O4S/c27-21-8-15(3-4-17(21)11-29)20-10-24(26(34)31-7-1-2-18(30)12-31)36-25(20)16-5-6-23(22(28)9-16)35-14-19(33)13-32/h3-6,8-10,18-19,32-33H,1-2,7,12-14,30H2. The van der Waals surface area contributed by atoms with Gasteiger partial charge in [0.1, 0.15) is 24.6 Å². The van der Waals surface area contributed by atoms with Gasteiger partial charge in [-0.15, -0.1) is 11.3 Å². The molecule has 3 aromatic rings. The van der Waals surface area contributed by atoms with Crippen LogP contribution in [-0.2, 0) is 0 Å². The molecule has 1 aliphatic rings. The lowest BCUT2D eigenvalue weighted by Gasteiger charge is -2.30. The van der Waals surface area contributed by atoms with E-state index in [4.69, 9.17) is 20.8 Å². The van der Waals surface area contributed by atoms with Gasteiger partial charge < -0.3 is 25.6 Å². The van der Waals surface area contributed by atoms with Gasteiger partial charge in [-0.25, -0.2) is 8.78 Å². The number of nitriles is 1. The Morgan fingerprint density at radius 3 is 2.64 bits per heavy atom. The SMILES string of the molecule is N#Cc1ccc(-c2cc(C(=O)N3CCCC(N)C3)sc2-c2ccc(OCC(O)CO)c(F)c2)cc1F. The highest BCUT2D eigenvalue weighted by Crippen LogP contribution is 2.41. The third kappa shape index (κ3) is 5.55. The quantitative estimate of drug-likeness (QED) is 0.445. The maximum Gasteiger partial charge on any atom is 0.264 e. The first-order chi connectivity index (χ1) is 17.3. The Bertz CT molecular complexity index is 1310. The molecule has 0 spiro atoms. The Balaban J connectivity index is 1.74. The summed E-state index contributed by atoms with van der Waals surface area (Å²) in [5, 5.41) is 27.4. The summed E-state index contributed by atoms with van der Waals surface area (Å²) in [5.74, 6) is -1.69. The zero-order chi connectivity index (χ0) is 25.8. The number of thiophene rings is 1. The van der Waals surface area contributed by atoms with Gasteiger partial charge in [0.25, 0.3) is 5.91 Å². The lowest BCUT2D eigenvalue weighted by molar-refractivity contribution is 0.0523. The van der Waals surface area contributed by atoms with Gasteiger partial charge in [-0.1, -0.05) is 6.07 Å². The number of rotatable bonds is 7. The Labute approximate surface area is 211 Å². The van der Waals surface area contributed by atoms with Crippen LogP contribution in [0.1, 0.15) is 28.1 Å². The number of ether oxygens (including phenoxy) is 1. The smallest absolute Gasteiger partial charge is 0.264 e. The van der Waals surface area contributed by atoms with Crippen LogP contribution in [0.15, 0.2) is 42.5 Å². The van der Waals surface area contributed by atoms with E-state index < -0.39 is 24.3 Å². The third-order valence-corrected chi connectivity index (χ3v) is 7.10. The van der Waals surface area contributed by atoms with E-state index >= 15 is 0 Å². The molecule has 1 aromatic heterocycles. The number of carbonyl (C=O) groups excluding carboxylic acids is 1. The highest BCUT2D eigenvalue weighted by molar-refractivity contribution is 7.18. The molecular weight excluding hydrogens is 488 g/mol. The molecule has 0 bridgehead atoms. The monoisotopic (exact) mass is 513 g/mol. The van der Waals surface area contributed by atoms with Crippen LogP contribution in [0.25, 0.3) is 21.6 Å². The Morgan fingerprint density at radius 1 is 1.22 bits per heavy atom. The average Bonchev–Trinajstić information content (AvgIpc) is 3.32. The number of benzene rings is 2. The van der Waals surface area contributed by atoms with Crippen molar-refractivity contribution in [3.05, 3.63) is 64.5 Å². The Kier molecular flexibility index (Phi) is 7.96. The molecule has 10 heteroatoms. The van der Waals surface area contributed by atoms with Crippen LogP contribution in [0.3, 0.4) is 0 Å². The van der Waals surface area contributed by atoms with E-state index in [1.807, 2.05) is 0 Å². The molecule has 36 heavy (non-hydrogen) atoms. The number of hydrogen-bond donors (Lipinski definition) is 3. The number of carbonyl (C=O) groups is 1. The topological polar surface area (TPSA) is 120 Å². The van der Waals surface area contributed by atoms with Crippen molar-refractivity contribution < 1.29 is 28.5 Å². The van der Waals surface area contributed by atoms with Gasteiger partial charge in [0.2, 0.25) is 0 Å². The molecule has 2 heterocycles. The van der Waals surface area contributed by atoms with Gasteiger partial charge in [0, 0.05) is 29.6 Å². The van der Waals surface area contributed by atoms with Crippen LogP contribution in [-0.4, -0.2) is 59.5 Å². The average molecular weight is 514 g/mol. The first-order valence-corrected chi connectivity index (χ1v) is 12.2. The molecular formula is C26H25F2N3O4S. The lowest BCUT2D eigenvalue weighted by atomic mass is 10.0. The minimum Gasteiger partial charge on any atom is -0.488 e. The summed E-state index contributed by atoms with van der Waals surface area (Å²) in [6.07, 6.45) is 0.505. The third-order valence-electron chi connectivity index (χ3n) is 5.92. The number of aliphatic hydroxyl groups is 2. The van der Waals surface area contributed by atoms with E-state index in [1.54, 1.807) is 29.2 Å². The first kappa shape index (κ1) is 25.7. The second kappa shape index (κ2) is 11.1. The predicted molar refractivity (Wildman–Crippen MR) is 132 cm³/mol. The molecule has 4 rings (SSSR count). The van der Waals surface area contributed by atoms with E-state index in [-0.39, 0.29) is 29.9 Å². The second-order valence-electron chi connectivity index (χ2n) is 8.61. The van der Waals surface area contributed by atoms with Crippen molar-refractivity contribution in [1.82, 2.24) is 4.90 Å². The molecule has 7 nitrogen and oxygen atoms in total. The summed E-state index contributed by atoms with van der Waals surface area (Å²) in [7, 11) is 0. The maximum atomic E-state index is 14.8. The highest BCUT2D eigenvalue weighted by Gasteiger charge is 2.26. The number of amides is 1. The van der Waals surface area contributed by atoms with Gasteiger partial charge >= 0.3 is 0 Å². The zero-order valence-corrected chi connectivity index (χ0v) is 20.1. The summed E-state index contributed by atoms with van der Waals surface area (Å²) >= 11 is 1.16. The molecule has 0 aliphatic carbocycles. The van der Waals surface area contributed by atoms with Crippen LogP contribution in [0.4, 0.5) is 8.78 Å². The number of halogens is 2. The molecule has 188 valence electrons. The minimum absolute atomic E-state index is 0.0970. The van der Waals surface area contributed by atoms with E-state index in [2.05, 4.69) is 0 Å². The van der Waals surface area contributed by atoms with Gasteiger partial charge in [0.05, 0.1) is 17.0 Å². The summed E-state index contributed by atoms with van der Waals surface area (Å²) in [5.41, 5.74) is 7.35. The van der Waals surface area contributed by atoms with E-state index in [0.717, 1.165) is 24.2 Å². The van der Waals surface area contributed by atoms with Crippen molar-refractivity contribution >= 4 is 17.2 Å². The van der Waals surface area contributed by atoms with Crippen molar-refractivity contribution in [2.24, 2.45) is 5.73 Å². The van der Waals surface area contributed by atoms with Crippen molar-refractivity contribution in [2.45, 2.75) is 25.0 Å². The molecule has 1 saturated heterocycles. The Hall–Kier alpha value is -3.36. The zero-order valence-electron chi connectivity index (χ0n) is 19.3. The van der Waals surface area contributed by atoms with E-state index in [9.17, 15) is 18.7 Å². The summed E-state index contributed by atoms with van der Waals surface area (Å²) in [6.45, 7) is 0.227. The predicted octanol–water partition coefficient (Wildman–Crippen LogP) is 3.53. The van der Waals surface area contributed by atoms with Gasteiger partial charge in [-0.05, 0) is 60.4 Å². The number of nitrogens with two attached hydrogens (primary N) is 1. The number of aliphatic hydroxyl groups excluding tert-OH is 2. The molecule has 2 unspecified atom stereocenters. The summed E-state index contributed by atoms with van der Waals surface area (Å²) < 4.78 is 34.5. The molecule has 4 N–H and O–H groups in total. The minimum atomic E-state index is -1.14. The van der Waals surface area contributed by atoms with E-state index in [0.29, 0.717) is 39.5 Å². The fraction of sp³-hybridized carbons (Fsp3) is 0.308. The molecule has 0 radical (unpaired) electrons. The van der Waals surface area contributed by atoms with Gasteiger partial charge in [-0.2, -0.15) is 5.26 Å². The largest absolute Gasteiger partial charge is 0.488 e. The van der Waals surface area contributed by atoms with Crippen molar-refractivity contribution in [3.8, 4) is 33.4 Å². The van der Waals surface area contributed by atoms with Crippen molar-refractivity contribution in [3.63, 3.8) is 0 Å². The van der Waals surface area contributed by atoms with Crippen molar-refractivity contribution in [1.29, 1.82) is 5.26 Å². The summed E-state index contributed by atoms with van der Waals surface area (Å²) in [4.78, 5) is 15.9. The fourth-order valence-corrected chi connectivity index (χ4v) is 5.19. The molecule has 1 fully saturated rings. The van der Waals surface area contributed by atoms with Crippen molar-refractivity contribution in [2.75, 3.05) is 26.3 Å². The first-order valence-electron chi connectivity index (χ1n) is 11.4. The number of nitrogens with zero attached hydrogens (tertiary/aromatic N) is 2. The number of piperidine rings is 1. The van der Waals surface area contributed by atoms with E-state index in [1.165, 1.54) is 24.3 Å². The molecule has 1 amide bonds. The molecule has 2 atom stereocenters. The van der Waals surface area contributed by atoms with Gasteiger partial charge in [0.15, 0.2) is 11.6 Å². The maximum absolute atomic E-state index is 14.8. The number of hydrogen-bond acceptors (Lipinski definition) is 7. The molecule has 1 aliphatic heterocycles.